The van der Waals surface area contributed by atoms with Gasteiger partial charge in [0.2, 0.25) is 11.8 Å². The second kappa shape index (κ2) is 9.03. The van der Waals surface area contributed by atoms with Crippen LogP contribution in [0, 0.1) is 5.41 Å². The molecule has 0 radical (unpaired) electrons. The number of hydrogen-bond donors (Lipinski definition) is 4. The number of alkyl halides is 1. The van der Waals surface area contributed by atoms with E-state index in [-0.39, 0.29) is 6.54 Å². The van der Waals surface area contributed by atoms with E-state index in [0.29, 0.717) is 44.1 Å². The SMILES string of the molecule is C[C@H](NC(=O)[C@@H](NC(=O)CNC(=O)c1ccccc1)C12CCC(F)(CC1)CC2)C(=O)O. The first-order chi connectivity index (χ1) is 14.6. The summed E-state index contributed by atoms with van der Waals surface area (Å²) < 4.78 is 14.6. The van der Waals surface area contributed by atoms with E-state index in [2.05, 4.69) is 16.0 Å². The number of carboxylic acid groups (broad SMARTS) is 1. The van der Waals surface area contributed by atoms with Crippen molar-refractivity contribution in [1.82, 2.24) is 16.0 Å². The molecule has 3 aliphatic carbocycles. The third-order valence-corrected chi connectivity index (χ3v) is 6.57. The van der Waals surface area contributed by atoms with Gasteiger partial charge in [0.15, 0.2) is 0 Å². The molecular weight excluding hydrogens is 405 g/mol. The maximum Gasteiger partial charge on any atom is 0.325 e. The summed E-state index contributed by atoms with van der Waals surface area (Å²) in [5, 5.41) is 16.7. The summed E-state index contributed by atoms with van der Waals surface area (Å²) in [6, 6.07) is 6.27. The fraction of sp³-hybridized carbons (Fsp3) is 0.545. The molecule has 31 heavy (non-hydrogen) atoms. The van der Waals surface area contributed by atoms with Gasteiger partial charge in [0.25, 0.3) is 5.91 Å². The zero-order valence-corrected chi connectivity index (χ0v) is 17.4. The molecule has 9 heteroatoms. The van der Waals surface area contributed by atoms with Crippen molar-refractivity contribution in [2.45, 2.75) is 63.2 Å². The van der Waals surface area contributed by atoms with E-state index in [1.807, 2.05) is 0 Å². The molecule has 8 nitrogen and oxygen atoms in total. The van der Waals surface area contributed by atoms with Crippen LogP contribution in [0.15, 0.2) is 30.3 Å². The minimum absolute atomic E-state index is 0.311. The molecule has 3 aliphatic rings. The van der Waals surface area contributed by atoms with E-state index < -0.39 is 46.9 Å². The van der Waals surface area contributed by atoms with Gasteiger partial charge in [-0.2, -0.15) is 0 Å². The quantitative estimate of drug-likeness (QED) is 0.495. The highest BCUT2D eigenvalue weighted by atomic mass is 19.1. The molecule has 3 saturated carbocycles. The fourth-order valence-electron chi connectivity index (χ4n) is 4.52. The van der Waals surface area contributed by atoms with Gasteiger partial charge in [-0.15, -0.1) is 0 Å². The molecule has 0 saturated heterocycles. The van der Waals surface area contributed by atoms with Crippen molar-refractivity contribution >= 4 is 23.7 Å². The number of hydrogen-bond acceptors (Lipinski definition) is 4. The van der Waals surface area contributed by atoms with Crippen molar-refractivity contribution in [3.63, 3.8) is 0 Å². The van der Waals surface area contributed by atoms with E-state index in [1.165, 1.54) is 6.92 Å². The van der Waals surface area contributed by atoms with Gasteiger partial charge >= 0.3 is 5.97 Å². The Bertz CT molecular complexity index is 835. The molecule has 0 spiro atoms. The van der Waals surface area contributed by atoms with E-state index in [0.717, 1.165) is 0 Å². The topological polar surface area (TPSA) is 125 Å². The molecule has 4 N–H and O–H groups in total. The molecule has 3 fully saturated rings. The molecular formula is C22H28FN3O5. The number of carbonyl (C=O) groups is 4. The molecule has 0 aromatic heterocycles. The molecule has 0 heterocycles. The van der Waals surface area contributed by atoms with Crippen molar-refractivity contribution < 1.29 is 28.7 Å². The van der Waals surface area contributed by atoms with Crippen LogP contribution in [0.25, 0.3) is 0 Å². The smallest absolute Gasteiger partial charge is 0.325 e. The molecule has 2 bridgehead atoms. The lowest BCUT2D eigenvalue weighted by Gasteiger charge is -2.52. The minimum Gasteiger partial charge on any atom is -0.480 e. The highest BCUT2D eigenvalue weighted by molar-refractivity contribution is 5.97. The van der Waals surface area contributed by atoms with E-state index >= 15 is 0 Å². The Morgan fingerprint density at radius 1 is 1.00 bits per heavy atom. The average molecular weight is 433 g/mol. The first kappa shape index (κ1) is 22.7. The molecule has 4 rings (SSSR count). The lowest BCUT2D eigenvalue weighted by Crippen LogP contribution is -2.62. The maximum atomic E-state index is 14.6. The van der Waals surface area contributed by atoms with Gasteiger partial charge in [-0.1, -0.05) is 18.2 Å². The van der Waals surface area contributed by atoms with Gasteiger partial charge in [0.1, 0.15) is 17.8 Å². The van der Waals surface area contributed by atoms with E-state index in [1.54, 1.807) is 30.3 Å². The number of aliphatic carboxylic acids is 1. The standard InChI is InChI=1S/C22H28FN3O5/c1-14(20(30)31)25-19(29)17(21-7-10-22(23,11-8-21)12-9-21)26-16(27)13-24-18(28)15-5-3-2-4-6-15/h2-6,14,17H,7-13H2,1H3,(H,24,28)(H,25,29)(H,26,27)(H,30,31)/t14-,17+,21?,22?/m0/s1. The molecule has 3 amide bonds. The summed E-state index contributed by atoms with van der Waals surface area (Å²) in [4.78, 5) is 48.9. The summed E-state index contributed by atoms with van der Waals surface area (Å²) in [6.45, 7) is 1.00. The molecule has 1 aromatic rings. The number of carboxylic acids is 1. The van der Waals surface area contributed by atoms with Gasteiger partial charge in [0.05, 0.1) is 6.54 Å². The molecule has 2 atom stereocenters. The van der Waals surface area contributed by atoms with Crippen molar-refractivity contribution in [2.75, 3.05) is 6.54 Å². The molecule has 1 aromatic carbocycles. The van der Waals surface area contributed by atoms with Crippen molar-refractivity contribution in [2.24, 2.45) is 5.41 Å². The first-order valence-corrected chi connectivity index (χ1v) is 10.5. The first-order valence-electron chi connectivity index (χ1n) is 10.5. The summed E-state index contributed by atoms with van der Waals surface area (Å²) in [7, 11) is 0. The molecule has 168 valence electrons. The van der Waals surface area contributed by atoms with Crippen LogP contribution in [0.3, 0.4) is 0 Å². The van der Waals surface area contributed by atoms with Crippen molar-refractivity contribution in [1.29, 1.82) is 0 Å². The monoisotopic (exact) mass is 433 g/mol. The number of amides is 3. The zero-order valence-electron chi connectivity index (χ0n) is 17.4. The van der Waals surface area contributed by atoms with Crippen molar-refractivity contribution in [3.8, 4) is 0 Å². The Labute approximate surface area is 180 Å². The van der Waals surface area contributed by atoms with Crippen LogP contribution in [0.4, 0.5) is 4.39 Å². The number of fused-ring (bicyclic) bond motifs is 3. The molecule has 0 unspecified atom stereocenters. The van der Waals surface area contributed by atoms with Crippen LogP contribution in [0.5, 0.6) is 0 Å². The third kappa shape index (κ3) is 5.21. The van der Waals surface area contributed by atoms with Gasteiger partial charge in [-0.3, -0.25) is 19.2 Å². The number of benzene rings is 1. The second-order valence-corrected chi connectivity index (χ2v) is 8.63. The van der Waals surface area contributed by atoms with Crippen LogP contribution in [0.2, 0.25) is 0 Å². The number of rotatable bonds is 8. The summed E-state index contributed by atoms with van der Waals surface area (Å²) in [5.41, 5.74) is -1.45. The highest BCUT2D eigenvalue weighted by Crippen LogP contribution is 2.55. The summed E-state index contributed by atoms with van der Waals surface area (Å²) in [6.07, 6.45) is 2.22. The lowest BCUT2D eigenvalue weighted by molar-refractivity contribution is -0.144. The number of carbonyl (C=O) groups excluding carboxylic acids is 3. The molecule has 0 aliphatic heterocycles. The fourth-order valence-corrected chi connectivity index (χ4v) is 4.52. The zero-order chi connectivity index (χ0) is 22.6. The second-order valence-electron chi connectivity index (χ2n) is 8.63. The Morgan fingerprint density at radius 2 is 1.58 bits per heavy atom. The minimum atomic E-state index is -1.22. The van der Waals surface area contributed by atoms with Gasteiger partial charge in [-0.05, 0) is 63.0 Å². The van der Waals surface area contributed by atoms with Crippen molar-refractivity contribution in [3.05, 3.63) is 35.9 Å². The maximum absolute atomic E-state index is 14.6. The van der Waals surface area contributed by atoms with Gasteiger partial charge in [0, 0.05) is 5.56 Å². The Balaban J connectivity index is 1.69. The summed E-state index contributed by atoms with van der Waals surface area (Å²) in [5.74, 6) is -2.79. The van der Waals surface area contributed by atoms with Crippen LogP contribution in [0.1, 0.15) is 55.8 Å². The number of halogens is 1. The van der Waals surface area contributed by atoms with Gasteiger partial charge < -0.3 is 21.1 Å². The Kier molecular flexibility index (Phi) is 6.62. The largest absolute Gasteiger partial charge is 0.480 e. The van der Waals surface area contributed by atoms with Crippen LogP contribution < -0.4 is 16.0 Å². The summed E-state index contributed by atoms with van der Waals surface area (Å²) >= 11 is 0. The van der Waals surface area contributed by atoms with E-state index in [9.17, 15) is 23.6 Å². The highest BCUT2D eigenvalue weighted by Gasteiger charge is 2.54. The van der Waals surface area contributed by atoms with Crippen LogP contribution >= 0.6 is 0 Å². The average Bonchev–Trinajstić information content (AvgIpc) is 2.77. The predicted molar refractivity (Wildman–Crippen MR) is 110 cm³/mol. The Hall–Kier alpha value is -2.97. The van der Waals surface area contributed by atoms with E-state index in [4.69, 9.17) is 5.11 Å². The number of nitrogens with one attached hydrogen (secondary N) is 3. The third-order valence-electron chi connectivity index (χ3n) is 6.57. The lowest BCUT2D eigenvalue weighted by atomic mass is 9.56. The Morgan fingerprint density at radius 3 is 2.13 bits per heavy atom. The normalized spacial score (nSPS) is 26.4. The predicted octanol–water partition coefficient (Wildman–Crippen LogP) is 1.55. The van der Waals surface area contributed by atoms with Gasteiger partial charge in [-0.25, -0.2) is 4.39 Å². The van der Waals surface area contributed by atoms with Crippen LogP contribution in [-0.4, -0.2) is 53.1 Å². The van der Waals surface area contributed by atoms with Crippen LogP contribution in [-0.2, 0) is 14.4 Å².